The van der Waals surface area contributed by atoms with Crippen molar-refractivity contribution in [3.8, 4) is 0 Å². The zero-order valence-electron chi connectivity index (χ0n) is 7.53. The molecule has 72 valence electrons. The molecule has 1 aromatic heterocycles. The molecule has 0 amide bonds. The van der Waals surface area contributed by atoms with Gasteiger partial charge in [0.2, 0.25) is 5.89 Å². The Morgan fingerprint density at radius 1 is 1.62 bits per heavy atom. The fourth-order valence-corrected chi connectivity index (χ4v) is 1.51. The van der Waals surface area contributed by atoms with Gasteiger partial charge in [0, 0.05) is 13.0 Å². The summed E-state index contributed by atoms with van der Waals surface area (Å²) in [6, 6.07) is 0. The molecule has 0 aromatic carbocycles. The van der Waals surface area contributed by atoms with Gasteiger partial charge in [-0.1, -0.05) is 0 Å². The van der Waals surface area contributed by atoms with Crippen molar-refractivity contribution in [2.45, 2.75) is 25.4 Å². The molecule has 1 fully saturated rings. The minimum Gasteiger partial charge on any atom is -0.446 e. The highest BCUT2D eigenvalue weighted by molar-refractivity contribution is 5.00. The molecular weight excluding hydrogens is 168 g/mol. The number of nitrogens with zero attached hydrogens (tertiary/aromatic N) is 1. The van der Waals surface area contributed by atoms with Crippen molar-refractivity contribution < 1.29 is 9.15 Å². The molecule has 0 saturated carbocycles. The fraction of sp³-hybridized carbons (Fsp3) is 0.667. The molecule has 4 nitrogen and oxygen atoms in total. The Hall–Kier alpha value is -0.870. The third-order valence-electron chi connectivity index (χ3n) is 2.18. The smallest absolute Gasteiger partial charge is 0.223 e. The van der Waals surface area contributed by atoms with Crippen LogP contribution >= 0.6 is 0 Å². The Morgan fingerprint density at radius 2 is 2.54 bits per heavy atom. The Labute approximate surface area is 77.1 Å². The molecule has 1 unspecified atom stereocenters. The van der Waals surface area contributed by atoms with Gasteiger partial charge in [-0.15, -0.1) is 0 Å². The van der Waals surface area contributed by atoms with Crippen LogP contribution in [0.3, 0.4) is 0 Å². The largest absolute Gasteiger partial charge is 0.446 e. The zero-order chi connectivity index (χ0) is 9.10. The van der Waals surface area contributed by atoms with Gasteiger partial charge in [0.15, 0.2) is 0 Å². The zero-order valence-corrected chi connectivity index (χ0v) is 7.53. The summed E-state index contributed by atoms with van der Waals surface area (Å²) in [5.74, 6) is 0.709. The molecule has 2 N–H and O–H groups in total. The van der Waals surface area contributed by atoms with Crippen molar-refractivity contribution >= 4 is 0 Å². The van der Waals surface area contributed by atoms with E-state index in [1.54, 1.807) is 6.26 Å². The van der Waals surface area contributed by atoms with Crippen LogP contribution < -0.4 is 5.73 Å². The van der Waals surface area contributed by atoms with E-state index in [2.05, 4.69) is 4.98 Å². The third kappa shape index (κ3) is 1.89. The van der Waals surface area contributed by atoms with E-state index in [1.807, 2.05) is 0 Å². The van der Waals surface area contributed by atoms with Crippen LogP contribution in [0.15, 0.2) is 10.7 Å². The Bertz CT molecular complexity index is 266. The minimum atomic E-state index is 0.0755. The normalized spacial score (nSPS) is 22.4. The highest BCUT2D eigenvalue weighted by Crippen LogP contribution is 2.27. The van der Waals surface area contributed by atoms with E-state index < -0.39 is 0 Å². The van der Waals surface area contributed by atoms with Gasteiger partial charge < -0.3 is 14.9 Å². The summed E-state index contributed by atoms with van der Waals surface area (Å²) in [4.78, 5) is 4.31. The molecule has 0 radical (unpaired) electrons. The Kier molecular flexibility index (Phi) is 2.61. The van der Waals surface area contributed by atoms with Gasteiger partial charge in [0.25, 0.3) is 0 Å². The SMILES string of the molecule is NCCc1coc(C2CCCO2)n1. The van der Waals surface area contributed by atoms with Crippen LogP contribution in [0.25, 0.3) is 0 Å². The summed E-state index contributed by atoms with van der Waals surface area (Å²) in [5.41, 5.74) is 6.33. The highest BCUT2D eigenvalue weighted by Gasteiger charge is 2.22. The van der Waals surface area contributed by atoms with Crippen LogP contribution in [0.1, 0.15) is 30.5 Å². The lowest BCUT2D eigenvalue weighted by Crippen LogP contribution is -2.03. The van der Waals surface area contributed by atoms with E-state index in [-0.39, 0.29) is 6.10 Å². The predicted octanol–water partition coefficient (Wildman–Crippen LogP) is 1.03. The standard InChI is InChI=1S/C9H14N2O2/c10-4-3-7-6-13-9(11-7)8-2-1-5-12-8/h6,8H,1-5,10H2. The molecule has 13 heavy (non-hydrogen) atoms. The molecule has 2 heterocycles. The molecule has 1 aromatic rings. The van der Waals surface area contributed by atoms with Crippen molar-refractivity contribution in [2.75, 3.05) is 13.2 Å². The summed E-state index contributed by atoms with van der Waals surface area (Å²) in [5, 5.41) is 0. The van der Waals surface area contributed by atoms with Gasteiger partial charge >= 0.3 is 0 Å². The number of oxazole rings is 1. The average molecular weight is 182 g/mol. The minimum absolute atomic E-state index is 0.0755. The summed E-state index contributed by atoms with van der Waals surface area (Å²) >= 11 is 0. The van der Waals surface area contributed by atoms with Crippen LogP contribution in [0.5, 0.6) is 0 Å². The first-order valence-electron chi connectivity index (χ1n) is 4.66. The monoisotopic (exact) mass is 182 g/mol. The average Bonchev–Trinajstić information content (AvgIpc) is 2.70. The van der Waals surface area contributed by atoms with E-state index in [0.29, 0.717) is 12.4 Å². The fourth-order valence-electron chi connectivity index (χ4n) is 1.51. The van der Waals surface area contributed by atoms with Crippen molar-refractivity contribution in [3.05, 3.63) is 17.8 Å². The second-order valence-corrected chi connectivity index (χ2v) is 3.22. The number of nitrogens with two attached hydrogens (primary N) is 1. The first-order valence-corrected chi connectivity index (χ1v) is 4.66. The topological polar surface area (TPSA) is 61.3 Å². The van der Waals surface area contributed by atoms with Crippen LogP contribution in [0, 0.1) is 0 Å². The lowest BCUT2D eigenvalue weighted by molar-refractivity contribution is 0.0892. The molecule has 0 spiro atoms. The molecule has 2 rings (SSSR count). The maximum absolute atomic E-state index is 5.44. The summed E-state index contributed by atoms with van der Waals surface area (Å²) in [6.07, 6.45) is 4.63. The van der Waals surface area contributed by atoms with Crippen molar-refractivity contribution in [1.82, 2.24) is 4.98 Å². The molecule has 4 heteroatoms. The first kappa shape index (κ1) is 8.72. The van der Waals surface area contributed by atoms with E-state index >= 15 is 0 Å². The molecule has 1 aliphatic heterocycles. The second-order valence-electron chi connectivity index (χ2n) is 3.22. The number of hydrogen-bond donors (Lipinski definition) is 1. The quantitative estimate of drug-likeness (QED) is 0.758. The first-order chi connectivity index (χ1) is 6.40. The van der Waals surface area contributed by atoms with Crippen LogP contribution in [0.2, 0.25) is 0 Å². The van der Waals surface area contributed by atoms with E-state index in [1.165, 1.54) is 0 Å². The lowest BCUT2D eigenvalue weighted by Gasteiger charge is -2.01. The van der Waals surface area contributed by atoms with Gasteiger partial charge in [0.05, 0.1) is 5.69 Å². The second kappa shape index (κ2) is 3.89. The molecular formula is C9H14N2O2. The summed E-state index contributed by atoms with van der Waals surface area (Å²) < 4.78 is 10.8. The van der Waals surface area contributed by atoms with E-state index in [4.69, 9.17) is 14.9 Å². The van der Waals surface area contributed by atoms with Crippen molar-refractivity contribution in [1.29, 1.82) is 0 Å². The van der Waals surface area contributed by atoms with E-state index in [0.717, 1.165) is 31.6 Å². The maximum atomic E-state index is 5.44. The summed E-state index contributed by atoms with van der Waals surface area (Å²) in [6.45, 7) is 1.43. The van der Waals surface area contributed by atoms with Gasteiger partial charge in [-0.25, -0.2) is 4.98 Å². The van der Waals surface area contributed by atoms with Crippen molar-refractivity contribution in [2.24, 2.45) is 5.73 Å². The maximum Gasteiger partial charge on any atom is 0.223 e. The molecule has 1 aliphatic rings. The van der Waals surface area contributed by atoms with Crippen LogP contribution in [-0.4, -0.2) is 18.1 Å². The number of ether oxygens (including phenoxy) is 1. The molecule has 1 saturated heterocycles. The van der Waals surface area contributed by atoms with Gasteiger partial charge in [-0.3, -0.25) is 0 Å². The van der Waals surface area contributed by atoms with E-state index in [9.17, 15) is 0 Å². The Balaban J connectivity index is 2.03. The summed E-state index contributed by atoms with van der Waals surface area (Å²) in [7, 11) is 0. The number of hydrogen-bond acceptors (Lipinski definition) is 4. The van der Waals surface area contributed by atoms with Crippen LogP contribution in [-0.2, 0) is 11.2 Å². The molecule has 0 bridgehead atoms. The van der Waals surface area contributed by atoms with Gasteiger partial charge in [-0.2, -0.15) is 0 Å². The van der Waals surface area contributed by atoms with Gasteiger partial charge in [0.1, 0.15) is 12.4 Å². The third-order valence-corrected chi connectivity index (χ3v) is 2.18. The number of rotatable bonds is 3. The predicted molar refractivity (Wildman–Crippen MR) is 47.2 cm³/mol. The number of aromatic nitrogens is 1. The molecule has 1 atom stereocenters. The Morgan fingerprint density at radius 3 is 3.23 bits per heavy atom. The lowest BCUT2D eigenvalue weighted by atomic mass is 10.2. The highest BCUT2D eigenvalue weighted by atomic mass is 16.5. The molecule has 0 aliphatic carbocycles. The van der Waals surface area contributed by atoms with Crippen molar-refractivity contribution in [3.63, 3.8) is 0 Å². The van der Waals surface area contributed by atoms with Crippen LogP contribution in [0.4, 0.5) is 0 Å². The van der Waals surface area contributed by atoms with Gasteiger partial charge in [-0.05, 0) is 19.4 Å².